The van der Waals surface area contributed by atoms with Gasteiger partial charge in [0, 0.05) is 27.0 Å². The number of thiazole rings is 1. The molecule has 4 nitrogen and oxygen atoms in total. The first kappa shape index (κ1) is 14.3. The van der Waals surface area contributed by atoms with Gasteiger partial charge in [-0.05, 0) is 24.6 Å². The summed E-state index contributed by atoms with van der Waals surface area (Å²) in [5.74, 6) is -0.342. The smallest absolute Gasteiger partial charge is 0.340 e. The van der Waals surface area contributed by atoms with Crippen LogP contribution in [0.25, 0.3) is 10.9 Å². The van der Waals surface area contributed by atoms with E-state index in [9.17, 15) is 4.79 Å². The number of nitrogens with zero attached hydrogens (tertiary/aromatic N) is 1. The van der Waals surface area contributed by atoms with Gasteiger partial charge in [-0.2, -0.15) is 0 Å². The van der Waals surface area contributed by atoms with Crippen LogP contribution < -0.4 is 0 Å². The molecule has 0 atom stereocenters. The molecule has 6 heteroatoms. The zero-order chi connectivity index (χ0) is 14.8. The Morgan fingerprint density at radius 1 is 1.48 bits per heavy atom. The number of hydrogen-bond acceptors (Lipinski definition) is 4. The van der Waals surface area contributed by atoms with Crippen molar-refractivity contribution < 1.29 is 9.53 Å². The molecule has 108 valence electrons. The summed E-state index contributed by atoms with van der Waals surface area (Å²) in [4.78, 5) is 19.7. The number of esters is 1. The Morgan fingerprint density at radius 3 is 3.10 bits per heavy atom. The van der Waals surface area contributed by atoms with Crippen molar-refractivity contribution in [2.24, 2.45) is 0 Å². The number of rotatable bonds is 4. The number of halogens is 1. The highest BCUT2D eigenvalue weighted by molar-refractivity contribution is 9.10. The van der Waals surface area contributed by atoms with Crippen LogP contribution in [0.3, 0.4) is 0 Å². The molecule has 0 aliphatic rings. The maximum Gasteiger partial charge on any atom is 0.340 e. The lowest BCUT2D eigenvalue weighted by molar-refractivity contribution is 0.0470. The lowest BCUT2D eigenvalue weighted by atomic mass is 10.2. The van der Waals surface area contributed by atoms with Crippen LogP contribution in [0.5, 0.6) is 0 Å². The van der Waals surface area contributed by atoms with Gasteiger partial charge in [-0.25, -0.2) is 9.78 Å². The molecule has 1 aromatic carbocycles. The fourth-order valence-corrected chi connectivity index (χ4v) is 3.15. The van der Waals surface area contributed by atoms with Gasteiger partial charge >= 0.3 is 5.97 Å². The molecule has 1 N–H and O–H groups in total. The van der Waals surface area contributed by atoms with E-state index < -0.39 is 0 Å². The van der Waals surface area contributed by atoms with E-state index in [0.717, 1.165) is 32.5 Å². The maximum atomic E-state index is 12.2. The minimum atomic E-state index is -0.342. The molecule has 21 heavy (non-hydrogen) atoms. The van der Waals surface area contributed by atoms with Crippen LogP contribution in [0, 0.1) is 0 Å². The predicted molar refractivity (Wildman–Crippen MR) is 86.6 cm³/mol. The molecule has 0 bridgehead atoms. The van der Waals surface area contributed by atoms with Crippen molar-refractivity contribution in [3.63, 3.8) is 0 Å². The van der Waals surface area contributed by atoms with Crippen LogP contribution in [-0.4, -0.2) is 15.9 Å². The number of aryl methyl sites for hydroxylation is 1. The third-order valence-corrected chi connectivity index (χ3v) is 4.65. The van der Waals surface area contributed by atoms with Crippen LogP contribution in [0.1, 0.15) is 28.0 Å². The maximum absolute atomic E-state index is 12.2. The second-order valence-electron chi connectivity index (χ2n) is 4.55. The predicted octanol–water partition coefficient (Wildman–Crippen LogP) is 4.31. The van der Waals surface area contributed by atoms with Gasteiger partial charge in [0.05, 0.1) is 16.3 Å². The van der Waals surface area contributed by atoms with Gasteiger partial charge < -0.3 is 9.72 Å². The van der Waals surface area contributed by atoms with E-state index in [-0.39, 0.29) is 12.6 Å². The van der Waals surface area contributed by atoms with Crippen molar-refractivity contribution in [3.05, 3.63) is 50.5 Å². The third kappa shape index (κ3) is 3.01. The quantitative estimate of drug-likeness (QED) is 0.701. The summed E-state index contributed by atoms with van der Waals surface area (Å²) >= 11 is 5.00. The van der Waals surface area contributed by atoms with Gasteiger partial charge in [-0.1, -0.05) is 22.9 Å². The fraction of sp³-hybridized carbons (Fsp3) is 0.200. The Hall–Kier alpha value is -1.66. The lowest BCUT2D eigenvalue weighted by Gasteiger charge is -2.02. The highest BCUT2D eigenvalue weighted by Gasteiger charge is 2.14. The van der Waals surface area contributed by atoms with E-state index in [1.165, 1.54) is 0 Å². The molecule has 0 radical (unpaired) electrons. The number of H-pyrrole nitrogens is 1. The number of nitrogens with one attached hydrogen (secondary N) is 1. The van der Waals surface area contributed by atoms with Gasteiger partial charge in [0.25, 0.3) is 0 Å². The molecule has 2 aromatic heterocycles. The zero-order valence-electron chi connectivity index (χ0n) is 11.4. The first-order valence-electron chi connectivity index (χ1n) is 6.54. The second kappa shape index (κ2) is 5.99. The minimum absolute atomic E-state index is 0.204. The monoisotopic (exact) mass is 364 g/mol. The number of ether oxygens (including phenoxy) is 1. The number of aromatic amines is 1. The molecular formula is C15H13BrN2O2S. The molecule has 0 saturated heterocycles. The summed E-state index contributed by atoms with van der Waals surface area (Å²) in [5.41, 5.74) is 2.25. The number of fused-ring (bicyclic) bond motifs is 1. The SMILES string of the molecule is CCc1nc(COC(=O)c2c[nH]c3ccc(Br)cc23)cs1. The van der Waals surface area contributed by atoms with E-state index in [4.69, 9.17) is 4.74 Å². The van der Waals surface area contributed by atoms with E-state index in [0.29, 0.717) is 5.56 Å². The van der Waals surface area contributed by atoms with Crippen LogP contribution in [-0.2, 0) is 17.8 Å². The third-order valence-electron chi connectivity index (χ3n) is 3.12. The second-order valence-corrected chi connectivity index (χ2v) is 6.41. The zero-order valence-corrected chi connectivity index (χ0v) is 13.8. The van der Waals surface area contributed by atoms with Crippen molar-refractivity contribution >= 4 is 44.1 Å². The molecule has 0 amide bonds. The molecule has 0 fully saturated rings. The fourth-order valence-electron chi connectivity index (χ4n) is 2.06. The first-order valence-corrected chi connectivity index (χ1v) is 8.21. The van der Waals surface area contributed by atoms with Crippen molar-refractivity contribution in [1.29, 1.82) is 0 Å². The molecule has 0 saturated carbocycles. The number of carbonyl (C=O) groups excluding carboxylic acids is 1. The lowest BCUT2D eigenvalue weighted by Crippen LogP contribution is -2.04. The van der Waals surface area contributed by atoms with Crippen molar-refractivity contribution in [1.82, 2.24) is 9.97 Å². The van der Waals surface area contributed by atoms with Crippen LogP contribution >= 0.6 is 27.3 Å². The molecule has 0 aliphatic heterocycles. The summed E-state index contributed by atoms with van der Waals surface area (Å²) in [6.07, 6.45) is 2.58. The Bertz CT molecular complexity index is 794. The van der Waals surface area contributed by atoms with Gasteiger partial charge in [0.1, 0.15) is 6.61 Å². The molecule has 0 aliphatic carbocycles. The summed E-state index contributed by atoms with van der Waals surface area (Å²) in [7, 11) is 0. The summed E-state index contributed by atoms with van der Waals surface area (Å²) in [6.45, 7) is 2.26. The van der Waals surface area contributed by atoms with Crippen molar-refractivity contribution in [3.8, 4) is 0 Å². The topological polar surface area (TPSA) is 55.0 Å². The minimum Gasteiger partial charge on any atom is -0.455 e. The molecule has 2 heterocycles. The van der Waals surface area contributed by atoms with Crippen LogP contribution in [0.15, 0.2) is 34.2 Å². The summed E-state index contributed by atoms with van der Waals surface area (Å²) < 4.78 is 6.27. The van der Waals surface area contributed by atoms with Crippen LogP contribution in [0.4, 0.5) is 0 Å². The Balaban J connectivity index is 1.76. The molecule has 0 unspecified atom stereocenters. The van der Waals surface area contributed by atoms with Gasteiger partial charge in [0.15, 0.2) is 0 Å². The normalized spacial score (nSPS) is 11.0. The van der Waals surface area contributed by atoms with E-state index in [1.54, 1.807) is 17.5 Å². The Labute approximate surface area is 134 Å². The van der Waals surface area contributed by atoms with Gasteiger partial charge in [-0.3, -0.25) is 0 Å². The Kier molecular flexibility index (Phi) is 4.07. The summed E-state index contributed by atoms with van der Waals surface area (Å²) in [6, 6.07) is 5.75. The van der Waals surface area contributed by atoms with Crippen molar-refractivity contribution in [2.75, 3.05) is 0 Å². The molecule has 0 spiro atoms. The van der Waals surface area contributed by atoms with Crippen LogP contribution in [0.2, 0.25) is 0 Å². The average Bonchev–Trinajstić information content (AvgIpc) is 3.10. The number of aromatic nitrogens is 2. The Morgan fingerprint density at radius 2 is 2.33 bits per heavy atom. The van der Waals surface area contributed by atoms with Crippen molar-refractivity contribution in [2.45, 2.75) is 20.0 Å². The highest BCUT2D eigenvalue weighted by atomic mass is 79.9. The average molecular weight is 365 g/mol. The van der Waals surface area contributed by atoms with E-state index in [2.05, 4.69) is 32.8 Å². The van der Waals surface area contributed by atoms with E-state index >= 15 is 0 Å². The highest BCUT2D eigenvalue weighted by Crippen LogP contribution is 2.23. The number of hydrogen-bond donors (Lipinski definition) is 1. The molecule has 3 rings (SSSR count). The molecule has 3 aromatic rings. The van der Waals surface area contributed by atoms with Gasteiger partial charge in [-0.15, -0.1) is 11.3 Å². The standard InChI is InChI=1S/C15H13BrN2O2S/c1-2-14-18-10(8-21-14)7-20-15(19)12-6-17-13-4-3-9(16)5-11(12)13/h3-6,8,17H,2,7H2,1H3. The summed E-state index contributed by atoms with van der Waals surface area (Å²) in [5, 5.41) is 3.83. The molecular weight excluding hydrogens is 352 g/mol. The largest absolute Gasteiger partial charge is 0.455 e. The number of benzene rings is 1. The van der Waals surface area contributed by atoms with E-state index in [1.807, 2.05) is 23.6 Å². The number of carbonyl (C=O) groups is 1. The first-order chi connectivity index (χ1) is 10.2. The van der Waals surface area contributed by atoms with Gasteiger partial charge in [0.2, 0.25) is 0 Å².